The Morgan fingerprint density at radius 2 is 2.57 bits per heavy atom. The number of carboxylic acids is 1. The first-order valence-electron chi connectivity index (χ1n) is 4.21. The van der Waals surface area contributed by atoms with Crippen molar-refractivity contribution in [3.63, 3.8) is 0 Å². The van der Waals surface area contributed by atoms with Gasteiger partial charge in [-0.1, -0.05) is 6.92 Å². The maximum atomic E-state index is 10.5. The van der Waals surface area contributed by atoms with Gasteiger partial charge in [0.15, 0.2) is 5.13 Å². The second kappa shape index (κ2) is 5.31. The Balaban J connectivity index is 2.52. The number of carboxylic acid groups (broad SMARTS) is 1. The first-order chi connectivity index (χ1) is 6.61. The molecule has 14 heavy (non-hydrogen) atoms. The Morgan fingerprint density at radius 1 is 1.86 bits per heavy atom. The van der Waals surface area contributed by atoms with Gasteiger partial charge >= 0.3 is 5.97 Å². The van der Waals surface area contributed by atoms with Crippen LogP contribution >= 0.6 is 27.3 Å². The molecule has 0 saturated carbocycles. The Bertz CT molecular complexity index is 316. The number of hydrogen-bond donors (Lipinski definition) is 2. The summed E-state index contributed by atoms with van der Waals surface area (Å²) >= 11 is 4.70. The lowest BCUT2D eigenvalue weighted by Crippen LogP contribution is -2.21. The summed E-state index contributed by atoms with van der Waals surface area (Å²) in [6.45, 7) is 1.95. The number of carbonyl (C=O) groups is 1. The lowest BCUT2D eigenvalue weighted by molar-refractivity contribution is -0.137. The molecule has 2 N–H and O–H groups in total. The number of halogens is 1. The summed E-state index contributed by atoms with van der Waals surface area (Å²) in [4.78, 5) is 14.6. The number of thiazole rings is 1. The van der Waals surface area contributed by atoms with Gasteiger partial charge in [0.1, 0.15) is 4.60 Å². The number of aromatic nitrogens is 1. The van der Waals surface area contributed by atoms with Gasteiger partial charge in [0.25, 0.3) is 0 Å². The SMILES string of the molecule is CCC(CC(=O)O)Nc1nc(Br)cs1. The average Bonchev–Trinajstić information content (AvgIpc) is 2.49. The molecule has 0 aliphatic heterocycles. The molecule has 1 unspecified atom stereocenters. The molecule has 1 atom stereocenters. The van der Waals surface area contributed by atoms with E-state index < -0.39 is 5.97 Å². The highest BCUT2D eigenvalue weighted by molar-refractivity contribution is 9.10. The smallest absolute Gasteiger partial charge is 0.305 e. The van der Waals surface area contributed by atoms with E-state index in [1.54, 1.807) is 0 Å². The molecule has 1 aromatic heterocycles. The van der Waals surface area contributed by atoms with Crippen LogP contribution in [-0.4, -0.2) is 22.1 Å². The van der Waals surface area contributed by atoms with Gasteiger partial charge in [-0.25, -0.2) is 4.98 Å². The van der Waals surface area contributed by atoms with Crippen molar-refractivity contribution in [1.82, 2.24) is 4.98 Å². The van der Waals surface area contributed by atoms with Gasteiger partial charge in [-0.15, -0.1) is 11.3 Å². The third kappa shape index (κ3) is 3.63. The van der Waals surface area contributed by atoms with Crippen LogP contribution in [0.4, 0.5) is 5.13 Å². The third-order valence-corrected chi connectivity index (χ3v) is 3.20. The van der Waals surface area contributed by atoms with Crippen LogP contribution in [-0.2, 0) is 4.79 Å². The number of nitrogens with zero attached hydrogens (tertiary/aromatic N) is 1. The molecule has 78 valence electrons. The Morgan fingerprint density at radius 3 is 3.00 bits per heavy atom. The van der Waals surface area contributed by atoms with Crippen LogP contribution in [0.3, 0.4) is 0 Å². The monoisotopic (exact) mass is 278 g/mol. The first-order valence-corrected chi connectivity index (χ1v) is 5.88. The minimum absolute atomic E-state index is 0.0504. The highest BCUT2D eigenvalue weighted by Crippen LogP contribution is 2.21. The molecule has 4 nitrogen and oxygen atoms in total. The van der Waals surface area contributed by atoms with Crippen molar-refractivity contribution in [3.05, 3.63) is 9.98 Å². The van der Waals surface area contributed by atoms with Crippen LogP contribution < -0.4 is 5.32 Å². The Kier molecular flexibility index (Phi) is 4.34. The minimum atomic E-state index is -0.792. The largest absolute Gasteiger partial charge is 0.481 e. The number of aliphatic carboxylic acids is 1. The van der Waals surface area contributed by atoms with Gasteiger partial charge in [-0.2, -0.15) is 0 Å². The van der Waals surface area contributed by atoms with E-state index in [1.807, 2.05) is 12.3 Å². The van der Waals surface area contributed by atoms with Gasteiger partial charge in [0.05, 0.1) is 6.42 Å². The standard InChI is InChI=1S/C8H11BrN2O2S/c1-2-5(3-7(12)13)10-8-11-6(9)4-14-8/h4-5H,2-3H2,1H3,(H,10,11)(H,12,13). The molecule has 0 saturated heterocycles. The summed E-state index contributed by atoms with van der Waals surface area (Å²) in [7, 11) is 0. The zero-order valence-corrected chi connectivity index (χ0v) is 10.1. The van der Waals surface area contributed by atoms with Crippen molar-refractivity contribution >= 4 is 38.4 Å². The Hall–Kier alpha value is -0.620. The average molecular weight is 279 g/mol. The molecule has 0 aliphatic carbocycles. The predicted molar refractivity (Wildman–Crippen MR) is 59.8 cm³/mol. The number of rotatable bonds is 5. The minimum Gasteiger partial charge on any atom is -0.481 e. The summed E-state index contributed by atoms with van der Waals surface area (Å²) in [6.07, 6.45) is 0.886. The summed E-state index contributed by atoms with van der Waals surface area (Å²) in [6, 6.07) is -0.0504. The van der Waals surface area contributed by atoms with Crippen molar-refractivity contribution < 1.29 is 9.90 Å². The quantitative estimate of drug-likeness (QED) is 0.869. The molecule has 0 amide bonds. The number of hydrogen-bond acceptors (Lipinski definition) is 4. The second-order valence-electron chi connectivity index (χ2n) is 2.82. The van der Waals surface area contributed by atoms with Gasteiger partial charge in [-0.3, -0.25) is 4.79 Å². The highest BCUT2D eigenvalue weighted by Gasteiger charge is 2.12. The number of nitrogens with one attached hydrogen (secondary N) is 1. The second-order valence-corrected chi connectivity index (χ2v) is 4.49. The van der Waals surface area contributed by atoms with Crippen LogP contribution in [0.5, 0.6) is 0 Å². The molecule has 0 aliphatic rings. The van der Waals surface area contributed by atoms with Crippen LogP contribution in [0.2, 0.25) is 0 Å². The van der Waals surface area contributed by atoms with E-state index >= 15 is 0 Å². The normalized spacial score (nSPS) is 12.4. The molecule has 1 rings (SSSR count). The van der Waals surface area contributed by atoms with E-state index in [9.17, 15) is 4.79 Å². The van der Waals surface area contributed by atoms with Crippen molar-refractivity contribution in [2.75, 3.05) is 5.32 Å². The topological polar surface area (TPSA) is 62.2 Å². The molecule has 1 aromatic rings. The van der Waals surface area contributed by atoms with Gasteiger partial charge in [0, 0.05) is 11.4 Å². The fraction of sp³-hybridized carbons (Fsp3) is 0.500. The van der Waals surface area contributed by atoms with E-state index in [1.165, 1.54) is 11.3 Å². The van der Waals surface area contributed by atoms with Gasteiger partial charge in [0.2, 0.25) is 0 Å². The van der Waals surface area contributed by atoms with Crippen molar-refractivity contribution in [1.29, 1.82) is 0 Å². The maximum absolute atomic E-state index is 10.5. The summed E-state index contributed by atoms with van der Waals surface area (Å²) in [5.41, 5.74) is 0. The molecule has 1 heterocycles. The molecule has 0 fully saturated rings. The Labute approximate surface area is 94.5 Å². The highest BCUT2D eigenvalue weighted by atomic mass is 79.9. The van der Waals surface area contributed by atoms with Crippen LogP contribution in [0.25, 0.3) is 0 Å². The molecule has 0 spiro atoms. The summed E-state index contributed by atoms with van der Waals surface area (Å²) in [5, 5.41) is 14.3. The van der Waals surface area contributed by atoms with E-state index in [0.717, 1.165) is 16.2 Å². The fourth-order valence-corrected chi connectivity index (χ4v) is 2.23. The number of anilines is 1. The van der Waals surface area contributed by atoms with Gasteiger partial charge in [-0.05, 0) is 22.4 Å². The lowest BCUT2D eigenvalue weighted by atomic mass is 10.1. The van der Waals surface area contributed by atoms with E-state index in [-0.39, 0.29) is 12.5 Å². The molecule has 0 radical (unpaired) electrons. The zero-order chi connectivity index (χ0) is 10.6. The zero-order valence-electron chi connectivity index (χ0n) is 7.66. The van der Waals surface area contributed by atoms with Crippen LogP contribution in [0.15, 0.2) is 9.98 Å². The fourth-order valence-electron chi connectivity index (χ4n) is 1.00. The van der Waals surface area contributed by atoms with Crippen molar-refractivity contribution in [3.8, 4) is 0 Å². The summed E-state index contributed by atoms with van der Waals surface area (Å²) in [5.74, 6) is -0.792. The molecule has 6 heteroatoms. The molecule has 0 aromatic carbocycles. The van der Waals surface area contributed by atoms with E-state index in [4.69, 9.17) is 5.11 Å². The molecular formula is C8H11BrN2O2S. The maximum Gasteiger partial charge on any atom is 0.305 e. The molecular weight excluding hydrogens is 268 g/mol. The van der Waals surface area contributed by atoms with Crippen LogP contribution in [0, 0.1) is 0 Å². The van der Waals surface area contributed by atoms with Gasteiger partial charge < -0.3 is 10.4 Å². The summed E-state index contributed by atoms with van der Waals surface area (Å²) < 4.78 is 0.773. The molecule has 0 bridgehead atoms. The first kappa shape index (κ1) is 11.5. The van der Waals surface area contributed by atoms with Crippen molar-refractivity contribution in [2.45, 2.75) is 25.8 Å². The lowest BCUT2D eigenvalue weighted by Gasteiger charge is -2.12. The van der Waals surface area contributed by atoms with Crippen LogP contribution in [0.1, 0.15) is 19.8 Å². The van der Waals surface area contributed by atoms with Crippen molar-refractivity contribution in [2.24, 2.45) is 0 Å². The predicted octanol–water partition coefficient (Wildman–Crippen LogP) is 2.57. The third-order valence-electron chi connectivity index (χ3n) is 1.72. The van der Waals surface area contributed by atoms with E-state index in [2.05, 4.69) is 26.2 Å². The van der Waals surface area contributed by atoms with E-state index in [0.29, 0.717) is 0 Å².